The van der Waals surface area contributed by atoms with Crippen molar-refractivity contribution < 1.29 is 19.7 Å². The van der Waals surface area contributed by atoms with Gasteiger partial charge >= 0.3 is 0 Å². The molecule has 0 amide bonds. The van der Waals surface area contributed by atoms with E-state index in [1.165, 1.54) is 14.2 Å². The van der Waals surface area contributed by atoms with E-state index >= 15 is 0 Å². The second kappa shape index (κ2) is 6.85. The molecule has 0 fully saturated rings. The first kappa shape index (κ1) is 15.0. The molecular formula is C16H19NO4. The third-order valence-electron chi connectivity index (χ3n) is 3.19. The highest BCUT2D eigenvalue weighted by Gasteiger charge is 2.10. The molecule has 112 valence electrons. The van der Waals surface area contributed by atoms with Crippen LogP contribution < -0.4 is 14.8 Å². The summed E-state index contributed by atoms with van der Waals surface area (Å²) >= 11 is 0. The predicted molar refractivity (Wildman–Crippen MR) is 79.9 cm³/mol. The summed E-state index contributed by atoms with van der Waals surface area (Å²) in [6.07, 6.45) is 0. The summed E-state index contributed by atoms with van der Waals surface area (Å²) in [6, 6.07) is 10.5. The summed E-state index contributed by atoms with van der Waals surface area (Å²) < 4.78 is 10.4. The molecule has 0 aliphatic rings. The number of hydrogen-bond donors (Lipinski definition) is 3. The fourth-order valence-electron chi connectivity index (χ4n) is 2.22. The topological polar surface area (TPSA) is 71.0 Å². The van der Waals surface area contributed by atoms with Crippen LogP contribution in [0.3, 0.4) is 0 Å². The molecule has 0 saturated carbocycles. The maximum atomic E-state index is 9.72. The van der Waals surface area contributed by atoms with Crippen molar-refractivity contribution in [1.82, 2.24) is 5.32 Å². The Labute approximate surface area is 123 Å². The van der Waals surface area contributed by atoms with Gasteiger partial charge in [-0.25, -0.2) is 0 Å². The van der Waals surface area contributed by atoms with Crippen molar-refractivity contribution in [1.29, 1.82) is 0 Å². The minimum absolute atomic E-state index is 0.117. The molecule has 0 aromatic heterocycles. The van der Waals surface area contributed by atoms with Crippen LogP contribution in [0.2, 0.25) is 0 Å². The highest BCUT2D eigenvalue weighted by molar-refractivity contribution is 5.46. The predicted octanol–water partition coefficient (Wildman–Crippen LogP) is 2.40. The van der Waals surface area contributed by atoms with Gasteiger partial charge in [-0.2, -0.15) is 0 Å². The van der Waals surface area contributed by atoms with Crippen LogP contribution in [0.15, 0.2) is 36.4 Å². The van der Waals surface area contributed by atoms with Gasteiger partial charge in [0, 0.05) is 24.2 Å². The zero-order chi connectivity index (χ0) is 15.2. The average Bonchev–Trinajstić information content (AvgIpc) is 2.47. The minimum Gasteiger partial charge on any atom is -0.504 e. The lowest BCUT2D eigenvalue weighted by molar-refractivity contribution is 0.365. The summed E-state index contributed by atoms with van der Waals surface area (Å²) in [4.78, 5) is 0. The standard InChI is InChI=1S/C16H19NO4/c1-20-15-11(5-3-7-13(15)18)9-17-10-12-6-4-8-14(19)16(12)21-2/h3-8,17-19H,9-10H2,1-2H3. The first-order chi connectivity index (χ1) is 10.2. The molecule has 0 atom stereocenters. The summed E-state index contributed by atoms with van der Waals surface area (Å²) in [7, 11) is 3.05. The summed E-state index contributed by atoms with van der Waals surface area (Å²) in [6.45, 7) is 1.05. The zero-order valence-electron chi connectivity index (χ0n) is 12.1. The summed E-state index contributed by atoms with van der Waals surface area (Å²) in [5, 5.41) is 22.7. The highest BCUT2D eigenvalue weighted by Crippen LogP contribution is 2.31. The van der Waals surface area contributed by atoms with Crippen molar-refractivity contribution in [3.05, 3.63) is 47.5 Å². The molecule has 0 heterocycles. The Hall–Kier alpha value is -2.40. The number of nitrogens with one attached hydrogen (secondary N) is 1. The number of rotatable bonds is 6. The minimum atomic E-state index is 0.117. The SMILES string of the molecule is COc1c(O)cccc1CNCc1cccc(O)c1OC. The Morgan fingerprint density at radius 1 is 0.810 bits per heavy atom. The van der Waals surface area contributed by atoms with Crippen molar-refractivity contribution >= 4 is 0 Å². The van der Waals surface area contributed by atoms with Gasteiger partial charge in [-0.1, -0.05) is 24.3 Å². The highest BCUT2D eigenvalue weighted by atomic mass is 16.5. The fraction of sp³-hybridized carbons (Fsp3) is 0.250. The van der Waals surface area contributed by atoms with E-state index in [1.807, 2.05) is 12.1 Å². The molecule has 0 aliphatic carbocycles. The van der Waals surface area contributed by atoms with Crippen molar-refractivity contribution in [2.75, 3.05) is 14.2 Å². The van der Waals surface area contributed by atoms with Crippen molar-refractivity contribution in [3.63, 3.8) is 0 Å². The molecule has 2 rings (SSSR count). The monoisotopic (exact) mass is 289 g/mol. The normalized spacial score (nSPS) is 10.4. The maximum absolute atomic E-state index is 9.72. The van der Waals surface area contributed by atoms with Gasteiger partial charge in [0.1, 0.15) is 0 Å². The van der Waals surface area contributed by atoms with Crippen molar-refractivity contribution in [2.24, 2.45) is 0 Å². The lowest BCUT2D eigenvalue weighted by atomic mass is 10.1. The van der Waals surface area contributed by atoms with Gasteiger partial charge < -0.3 is 25.0 Å². The molecular weight excluding hydrogens is 270 g/mol. The van der Waals surface area contributed by atoms with Crippen LogP contribution in [-0.2, 0) is 13.1 Å². The van der Waals surface area contributed by atoms with E-state index in [9.17, 15) is 10.2 Å². The number of aromatic hydroxyl groups is 2. The molecule has 0 unspecified atom stereocenters. The second-order valence-electron chi connectivity index (χ2n) is 4.54. The molecule has 5 nitrogen and oxygen atoms in total. The fourth-order valence-corrected chi connectivity index (χ4v) is 2.22. The van der Waals surface area contributed by atoms with Crippen LogP contribution in [0.1, 0.15) is 11.1 Å². The third-order valence-corrected chi connectivity index (χ3v) is 3.19. The zero-order valence-corrected chi connectivity index (χ0v) is 12.1. The number of benzene rings is 2. The lowest BCUT2D eigenvalue weighted by Gasteiger charge is -2.13. The van der Waals surface area contributed by atoms with Crippen LogP contribution in [0, 0.1) is 0 Å². The molecule has 0 aliphatic heterocycles. The second-order valence-corrected chi connectivity index (χ2v) is 4.54. The van der Waals surface area contributed by atoms with Gasteiger partial charge in [-0.05, 0) is 12.1 Å². The van der Waals surface area contributed by atoms with Gasteiger partial charge in [0.05, 0.1) is 14.2 Å². The van der Waals surface area contributed by atoms with Crippen LogP contribution in [0.4, 0.5) is 0 Å². The van der Waals surface area contributed by atoms with E-state index < -0.39 is 0 Å². The van der Waals surface area contributed by atoms with E-state index in [-0.39, 0.29) is 11.5 Å². The van der Waals surface area contributed by atoms with Crippen molar-refractivity contribution in [2.45, 2.75) is 13.1 Å². The van der Waals surface area contributed by atoms with Crippen LogP contribution in [-0.4, -0.2) is 24.4 Å². The lowest BCUT2D eigenvalue weighted by Crippen LogP contribution is -2.14. The van der Waals surface area contributed by atoms with E-state index in [0.29, 0.717) is 24.6 Å². The Bertz CT molecular complexity index is 560. The number of phenols is 2. The quantitative estimate of drug-likeness (QED) is 0.761. The third kappa shape index (κ3) is 3.38. The maximum Gasteiger partial charge on any atom is 0.164 e. The molecule has 0 radical (unpaired) electrons. The van der Waals surface area contributed by atoms with Crippen LogP contribution >= 0.6 is 0 Å². The van der Waals surface area contributed by atoms with Gasteiger partial charge in [0.25, 0.3) is 0 Å². The average molecular weight is 289 g/mol. The summed E-state index contributed by atoms with van der Waals surface area (Å²) in [5.74, 6) is 1.17. The molecule has 3 N–H and O–H groups in total. The number of methoxy groups -OCH3 is 2. The molecule has 0 spiro atoms. The van der Waals surface area contributed by atoms with Gasteiger partial charge in [-0.15, -0.1) is 0 Å². The Morgan fingerprint density at radius 3 is 1.62 bits per heavy atom. The first-order valence-corrected chi connectivity index (χ1v) is 6.57. The van der Waals surface area contributed by atoms with E-state index in [0.717, 1.165) is 11.1 Å². The molecule has 2 aromatic carbocycles. The largest absolute Gasteiger partial charge is 0.504 e. The molecule has 2 aromatic rings. The van der Waals surface area contributed by atoms with Crippen LogP contribution in [0.25, 0.3) is 0 Å². The Morgan fingerprint density at radius 2 is 1.24 bits per heavy atom. The smallest absolute Gasteiger partial charge is 0.164 e. The number of para-hydroxylation sites is 2. The first-order valence-electron chi connectivity index (χ1n) is 6.57. The molecule has 0 saturated heterocycles. The Balaban J connectivity index is 2.06. The van der Waals surface area contributed by atoms with Gasteiger partial charge in [0.15, 0.2) is 23.0 Å². The molecule has 0 bridgehead atoms. The molecule has 5 heteroatoms. The summed E-state index contributed by atoms with van der Waals surface area (Å²) in [5.41, 5.74) is 1.72. The van der Waals surface area contributed by atoms with E-state index in [2.05, 4.69) is 5.32 Å². The number of phenolic OH excluding ortho intramolecular Hbond substituents is 2. The number of hydrogen-bond acceptors (Lipinski definition) is 5. The van der Waals surface area contributed by atoms with Crippen molar-refractivity contribution in [3.8, 4) is 23.0 Å². The van der Waals surface area contributed by atoms with E-state index in [4.69, 9.17) is 9.47 Å². The van der Waals surface area contributed by atoms with Crippen LogP contribution in [0.5, 0.6) is 23.0 Å². The molecule has 21 heavy (non-hydrogen) atoms. The Kier molecular flexibility index (Phi) is 4.90. The van der Waals surface area contributed by atoms with E-state index in [1.54, 1.807) is 24.3 Å². The van der Waals surface area contributed by atoms with Gasteiger partial charge in [0.2, 0.25) is 0 Å². The van der Waals surface area contributed by atoms with Gasteiger partial charge in [-0.3, -0.25) is 0 Å². The number of ether oxygens (including phenoxy) is 2.